The Morgan fingerprint density at radius 2 is 2.20 bits per heavy atom. The van der Waals surface area contributed by atoms with Crippen molar-refractivity contribution >= 4 is 22.8 Å². The molecule has 3 saturated heterocycles. The number of morpholine rings is 1. The number of aliphatic hydroxyl groups is 1. The molecular weight excluding hydrogens is 446 g/mol. The number of pyridine rings is 1. The molecular formula is C26H33N5O4. The van der Waals surface area contributed by atoms with Crippen molar-refractivity contribution in [2.45, 2.75) is 69.0 Å². The van der Waals surface area contributed by atoms with Gasteiger partial charge in [-0.3, -0.25) is 14.9 Å². The number of benzene rings is 1. The molecule has 1 spiro atoms. The number of aliphatic hydroxyl groups excluding tert-OH is 1. The van der Waals surface area contributed by atoms with Crippen LogP contribution in [0, 0.1) is 0 Å². The van der Waals surface area contributed by atoms with Crippen molar-refractivity contribution in [2.75, 3.05) is 26.4 Å². The molecule has 5 aliphatic rings. The van der Waals surface area contributed by atoms with Gasteiger partial charge in [0.05, 0.1) is 49.6 Å². The molecule has 1 aliphatic carbocycles. The van der Waals surface area contributed by atoms with Crippen molar-refractivity contribution in [2.24, 2.45) is 15.9 Å². The molecule has 5 heterocycles. The van der Waals surface area contributed by atoms with Crippen LogP contribution < -0.4 is 10.6 Å². The fraction of sp³-hybridized carbons (Fsp3) is 0.577. The third-order valence-corrected chi connectivity index (χ3v) is 8.15. The normalized spacial score (nSPS) is 32.2. The van der Waals surface area contributed by atoms with E-state index >= 15 is 0 Å². The van der Waals surface area contributed by atoms with Crippen molar-refractivity contribution in [1.82, 2.24) is 9.88 Å². The molecule has 0 amide bonds. The van der Waals surface area contributed by atoms with Crippen molar-refractivity contribution in [3.8, 4) is 5.75 Å². The summed E-state index contributed by atoms with van der Waals surface area (Å²) in [6, 6.07) is 5.99. The van der Waals surface area contributed by atoms with Gasteiger partial charge < -0.3 is 25.2 Å². The maximum absolute atomic E-state index is 10.2. The Morgan fingerprint density at radius 3 is 3.00 bits per heavy atom. The van der Waals surface area contributed by atoms with E-state index in [4.69, 9.17) is 25.0 Å². The number of nitrogens with zero attached hydrogens (tertiary/aromatic N) is 4. The van der Waals surface area contributed by atoms with E-state index in [9.17, 15) is 5.11 Å². The maximum atomic E-state index is 10.2. The molecule has 1 saturated carbocycles. The fourth-order valence-corrected chi connectivity index (χ4v) is 6.45. The summed E-state index contributed by atoms with van der Waals surface area (Å²) in [5.74, 6) is 6.50. The number of aliphatic imine (C=N–C) groups is 1. The molecule has 2 aromatic rings. The first-order chi connectivity index (χ1) is 16.9. The number of hydrogen-bond acceptors (Lipinski definition) is 9. The highest BCUT2D eigenvalue weighted by atomic mass is 16.5. The molecule has 35 heavy (non-hydrogen) atoms. The van der Waals surface area contributed by atoms with Crippen LogP contribution in [-0.4, -0.2) is 82.6 Å². The van der Waals surface area contributed by atoms with E-state index in [0.29, 0.717) is 25.5 Å². The van der Waals surface area contributed by atoms with Crippen LogP contribution in [0.4, 0.5) is 0 Å². The smallest absolute Gasteiger partial charge is 0.141 e. The topological polar surface area (TPSA) is 115 Å². The second-order valence-corrected chi connectivity index (χ2v) is 10.6. The third-order valence-electron chi connectivity index (χ3n) is 8.15. The number of hydrazone groups is 1. The predicted octanol–water partition coefficient (Wildman–Crippen LogP) is 1.83. The quantitative estimate of drug-likeness (QED) is 0.369. The average Bonchev–Trinajstić information content (AvgIpc) is 3.35. The van der Waals surface area contributed by atoms with Gasteiger partial charge >= 0.3 is 0 Å². The number of hydrogen-bond donors (Lipinski definition) is 2. The Kier molecular flexibility index (Phi) is 5.56. The highest BCUT2D eigenvalue weighted by molar-refractivity contribution is 6.32. The standard InChI is InChI=1S/C26H33N5O4/c1-16(32)24-11-34-15-26-12-25(13-26,14-31(24)26)29-9-23(30-27)17(2)35-19-3-4-22-21(7-19)20-5-6-33-10-18(20)8-28-22/h3-4,7-9,16-17,24,32H,5-6,10-15,27H2,1-2H3/b29-9?,30-23+. The van der Waals surface area contributed by atoms with Crippen LogP contribution in [0.2, 0.25) is 0 Å². The van der Waals surface area contributed by atoms with Crippen molar-refractivity contribution in [3.63, 3.8) is 0 Å². The molecule has 186 valence electrons. The van der Waals surface area contributed by atoms with Crippen LogP contribution in [0.3, 0.4) is 0 Å². The van der Waals surface area contributed by atoms with Crippen molar-refractivity contribution in [1.29, 1.82) is 0 Å². The van der Waals surface area contributed by atoms with E-state index in [-0.39, 0.29) is 23.2 Å². The first kappa shape index (κ1) is 22.8. The van der Waals surface area contributed by atoms with Gasteiger partial charge in [0.2, 0.25) is 0 Å². The first-order valence-corrected chi connectivity index (χ1v) is 12.4. The lowest BCUT2D eigenvalue weighted by Crippen LogP contribution is -2.62. The molecule has 1 aromatic carbocycles. The lowest BCUT2D eigenvalue weighted by Gasteiger charge is -2.51. The van der Waals surface area contributed by atoms with E-state index in [1.807, 2.05) is 38.2 Å². The van der Waals surface area contributed by atoms with E-state index in [1.54, 1.807) is 6.21 Å². The zero-order chi connectivity index (χ0) is 24.2. The van der Waals surface area contributed by atoms with E-state index < -0.39 is 6.10 Å². The molecule has 3 atom stereocenters. The largest absolute Gasteiger partial charge is 0.484 e. The zero-order valence-corrected chi connectivity index (χ0v) is 20.3. The summed E-state index contributed by atoms with van der Waals surface area (Å²) in [7, 11) is 0. The predicted molar refractivity (Wildman–Crippen MR) is 133 cm³/mol. The summed E-state index contributed by atoms with van der Waals surface area (Å²) in [6.45, 7) is 7.19. The first-order valence-electron chi connectivity index (χ1n) is 12.4. The minimum Gasteiger partial charge on any atom is -0.484 e. The van der Waals surface area contributed by atoms with E-state index in [2.05, 4.69) is 15.0 Å². The number of rotatable bonds is 6. The van der Waals surface area contributed by atoms with Crippen molar-refractivity contribution in [3.05, 3.63) is 35.5 Å². The number of aromatic nitrogens is 1. The Balaban J connectivity index is 1.17. The highest BCUT2D eigenvalue weighted by Crippen LogP contribution is 2.57. The Morgan fingerprint density at radius 1 is 1.34 bits per heavy atom. The fourth-order valence-electron chi connectivity index (χ4n) is 6.45. The monoisotopic (exact) mass is 479 g/mol. The molecule has 7 rings (SSSR count). The Labute approximate surface area is 205 Å². The van der Waals surface area contributed by atoms with Gasteiger partial charge in [0.15, 0.2) is 0 Å². The maximum Gasteiger partial charge on any atom is 0.141 e. The highest BCUT2D eigenvalue weighted by Gasteiger charge is 2.68. The summed E-state index contributed by atoms with van der Waals surface area (Å²) in [4.78, 5) is 11.9. The Bertz CT molecular complexity index is 1190. The van der Waals surface area contributed by atoms with Gasteiger partial charge in [0.25, 0.3) is 0 Å². The summed E-state index contributed by atoms with van der Waals surface area (Å²) in [5.41, 5.74) is 3.79. The van der Waals surface area contributed by atoms with Gasteiger partial charge in [-0.2, -0.15) is 5.10 Å². The van der Waals surface area contributed by atoms with Gasteiger partial charge in [0.1, 0.15) is 17.6 Å². The molecule has 2 bridgehead atoms. The Hall–Kier alpha value is -2.59. The molecule has 3 unspecified atom stereocenters. The molecule has 1 aromatic heterocycles. The molecule has 3 N–H and O–H groups in total. The van der Waals surface area contributed by atoms with Gasteiger partial charge in [-0.15, -0.1) is 0 Å². The van der Waals surface area contributed by atoms with E-state index in [0.717, 1.165) is 54.6 Å². The van der Waals surface area contributed by atoms with Gasteiger partial charge in [-0.1, -0.05) is 0 Å². The summed E-state index contributed by atoms with van der Waals surface area (Å²) >= 11 is 0. The van der Waals surface area contributed by atoms with Crippen LogP contribution in [0.1, 0.15) is 37.8 Å². The zero-order valence-electron chi connectivity index (χ0n) is 20.3. The van der Waals surface area contributed by atoms with Crippen LogP contribution in [0.15, 0.2) is 34.5 Å². The average molecular weight is 480 g/mol. The lowest BCUT2D eigenvalue weighted by atomic mass is 9.68. The van der Waals surface area contributed by atoms with Gasteiger partial charge in [-0.25, -0.2) is 0 Å². The second-order valence-electron chi connectivity index (χ2n) is 10.6. The van der Waals surface area contributed by atoms with Gasteiger partial charge in [-0.05, 0) is 62.4 Å². The molecule has 4 aliphatic heterocycles. The van der Waals surface area contributed by atoms with Crippen LogP contribution in [-0.2, 0) is 22.5 Å². The minimum atomic E-state index is -0.433. The SMILES string of the molecule is CC(Oc1ccc2ncc3c(c2c1)CCOC3)/C(C=NC12CN3C(C(C)O)COCC3(C1)C2)=N/N. The molecule has 4 fully saturated rings. The molecule has 9 heteroatoms. The van der Waals surface area contributed by atoms with E-state index in [1.165, 1.54) is 5.56 Å². The number of nitrogens with two attached hydrogens (primary N) is 1. The summed E-state index contributed by atoms with van der Waals surface area (Å²) < 4.78 is 17.7. The van der Waals surface area contributed by atoms with Crippen molar-refractivity contribution < 1.29 is 19.3 Å². The van der Waals surface area contributed by atoms with Crippen LogP contribution in [0.5, 0.6) is 5.75 Å². The summed E-state index contributed by atoms with van der Waals surface area (Å²) in [6.07, 6.45) is 5.62. The number of fused-ring (bicyclic) bond motifs is 3. The minimum absolute atomic E-state index is 0.00267. The van der Waals surface area contributed by atoms with Crippen LogP contribution in [0.25, 0.3) is 10.9 Å². The lowest BCUT2D eigenvalue weighted by molar-refractivity contribution is -0.120. The molecule has 0 radical (unpaired) electrons. The summed E-state index contributed by atoms with van der Waals surface area (Å²) in [5, 5.41) is 15.3. The third kappa shape index (κ3) is 3.81. The number of ether oxygens (including phenoxy) is 3. The second kappa shape index (κ2) is 8.51. The van der Waals surface area contributed by atoms with Gasteiger partial charge in [0, 0.05) is 29.9 Å². The molecule has 9 nitrogen and oxygen atoms in total. The van der Waals surface area contributed by atoms with Crippen LogP contribution >= 0.6 is 0 Å².